The fourth-order valence-corrected chi connectivity index (χ4v) is 4.46. The van der Waals surface area contributed by atoms with E-state index in [1.807, 2.05) is 39.7 Å². The summed E-state index contributed by atoms with van der Waals surface area (Å²) in [5, 5.41) is 9.35. The van der Waals surface area contributed by atoms with Gasteiger partial charge in [0.25, 0.3) is 0 Å². The Morgan fingerprint density at radius 3 is 2.84 bits per heavy atom. The fourth-order valence-electron chi connectivity index (χ4n) is 4.46. The van der Waals surface area contributed by atoms with Crippen molar-refractivity contribution >= 4 is 5.65 Å². The van der Waals surface area contributed by atoms with Gasteiger partial charge in [-0.1, -0.05) is 12.1 Å². The maximum Gasteiger partial charge on any atom is 0.156 e. The zero-order valence-corrected chi connectivity index (χ0v) is 19.0. The minimum Gasteiger partial charge on any atom is -0.497 e. The standard InChI is InChI=1S/C25H30N6O/c1-18(2)30-15-19(13-26-30)14-29-11-5-7-22(16-29)25-27-24-10-9-21(17-31(24)28-25)20-6-4-8-23(12-20)32-3/h4,6,8-10,12-13,15,17-18,22H,5,7,11,14,16H2,1-3H3. The van der Waals surface area contributed by atoms with E-state index in [1.165, 1.54) is 5.56 Å². The number of hydrogen-bond acceptors (Lipinski definition) is 5. The van der Waals surface area contributed by atoms with Crippen LogP contribution >= 0.6 is 0 Å². The number of rotatable bonds is 6. The van der Waals surface area contributed by atoms with Crippen molar-refractivity contribution in [2.45, 2.75) is 45.2 Å². The molecule has 0 spiro atoms. The van der Waals surface area contributed by atoms with Crippen LogP contribution in [0.25, 0.3) is 16.8 Å². The van der Waals surface area contributed by atoms with Crippen molar-refractivity contribution in [3.05, 3.63) is 66.4 Å². The number of fused-ring (bicyclic) bond motifs is 1. The van der Waals surface area contributed by atoms with Gasteiger partial charge in [-0.2, -0.15) is 10.2 Å². The first-order chi connectivity index (χ1) is 15.6. The molecule has 0 aliphatic carbocycles. The Labute approximate surface area is 188 Å². The molecule has 4 aromatic rings. The lowest BCUT2D eigenvalue weighted by atomic mass is 9.97. The van der Waals surface area contributed by atoms with Gasteiger partial charge >= 0.3 is 0 Å². The zero-order chi connectivity index (χ0) is 22.1. The quantitative estimate of drug-likeness (QED) is 0.449. The molecule has 1 unspecified atom stereocenters. The minimum atomic E-state index is 0.351. The molecular formula is C25H30N6O. The number of methoxy groups -OCH3 is 1. The third kappa shape index (κ3) is 4.25. The van der Waals surface area contributed by atoms with Crippen LogP contribution in [0.5, 0.6) is 5.75 Å². The van der Waals surface area contributed by atoms with Crippen LogP contribution in [0.15, 0.2) is 55.0 Å². The van der Waals surface area contributed by atoms with Gasteiger partial charge in [0.1, 0.15) is 5.75 Å². The number of nitrogens with zero attached hydrogens (tertiary/aromatic N) is 6. The second kappa shape index (κ2) is 8.74. The number of likely N-dealkylation sites (tertiary alicyclic amines) is 1. The molecule has 0 saturated carbocycles. The van der Waals surface area contributed by atoms with Gasteiger partial charge < -0.3 is 4.74 Å². The van der Waals surface area contributed by atoms with E-state index in [1.54, 1.807) is 7.11 Å². The molecule has 4 heterocycles. The molecule has 1 fully saturated rings. The number of hydrogen-bond donors (Lipinski definition) is 0. The normalized spacial score (nSPS) is 17.3. The Morgan fingerprint density at radius 2 is 2.03 bits per heavy atom. The van der Waals surface area contributed by atoms with E-state index in [0.717, 1.165) is 60.8 Å². The third-order valence-electron chi connectivity index (χ3n) is 6.21. The SMILES string of the molecule is COc1cccc(-c2ccc3nc(C4CCCN(Cc5cnn(C(C)C)c5)C4)nn3c2)c1. The highest BCUT2D eigenvalue weighted by atomic mass is 16.5. The Balaban J connectivity index is 1.33. The van der Waals surface area contributed by atoms with Crippen molar-refractivity contribution < 1.29 is 4.74 Å². The predicted molar refractivity (Wildman–Crippen MR) is 125 cm³/mol. The van der Waals surface area contributed by atoms with Gasteiger partial charge in [0, 0.05) is 48.6 Å². The first-order valence-corrected chi connectivity index (χ1v) is 11.3. The number of aromatic nitrogens is 5. The molecule has 0 bridgehead atoms. The highest BCUT2D eigenvalue weighted by Crippen LogP contribution is 2.28. The molecule has 0 radical (unpaired) electrons. The second-order valence-electron chi connectivity index (χ2n) is 8.92. The summed E-state index contributed by atoms with van der Waals surface area (Å²) in [6.07, 6.45) is 8.50. The molecular weight excluding hydrogens is 400 g/mol. The van der Waals surface area contributed by atoms with Crippen LogP contribution in [0.3, 0.4) is 0 Å². The average Bonchev–Trinajstić information content (AvgIpc) is 3.46. The second-order valence-corrected chi connectivity index (χ2v) is 8.92. The van der Waals surface area contributed by atoms with E-state index >= 15 is 0 Å². The topological polar surface area (TPSA) is 60.5 Å². The van der Waals surface area contributed by atoms with Gasteiger partial charge in [-0.05, 0) is 63.1 Å². The molecule has 1 atom stereocenters. The first kappa shape index (κ1) is 20.7. The van der Waals surface area contributed by atoms with Crippen molar-refractivity contribution in [3.8, 4) is 16.9 Å². The smallest absolute Gasteiger partial charge is 0.156 e. The molecule has 0 amide bonds. The summed E-state index contributed by atoms with van der Waals surface area (Å²) in [6, 6.07) is 12.6. The largest absolute Gasteiger partial charge is 0.497 e. The van der Waals surface area contributed by atoms with E-state index in [4.69, 9.17) is 14.8 Å². The van der Waals surface area contributed by atoms with Crippen LogP contribution < -0.4 is 4.74 Å². The lowest BCUT2D eigenvalue weighted by molar-refractivity contribution is 0.196. The van der Waals surface area contributed by atoms with Gasteiger partial charge in [0.2, 0.25) is 0 Å². The third-order valence-corrected chi connectivity index (χ3v) is 6.21. The van der Waals surface area contributed by atoms with Crippen LogP contribution in [0.2, 0.25) is 0 Å². The van der Waals surface area contributed by atoms with Crippen LogP contribution in [0, 0.1) is 0 Å². The van der Waals surface area contributed by atoms with Crippen LogP contribution in [0.4, 0.5) is 0 Å². The van der Waals surface area contributed by atoms with E-state index in [2.05, 4.69) is 48.4 Å². The molecule has 166 valence electrons. The molecule has 1 aromatic carbocycles. The van der Waals surface area contributed by atoms with Gasteiger partial charge in [-0.25, -0.2) is 9.50 Å². The summed E-state index contributed by atoms with van der Waals surface area (Å²) in [7, 11) is 1.69. The van der Waals surface area contributed by atoms with Gasteiger partial charge in [-0.15, -0.1) is 0 Å². The van der Waals surface area contributed by atoms with Crippen LogP contribution in [-0.2, 0) is 6.54 Å². The van der Waals surface area contributed by atoms with E-state index < -0.39 is 0 Å². The van der Waals surface area contributed by atoms with Crippen molar-refractivity contribution in [2.75, 3.05) is 20.2 Å². The first-order valence-electron chi connectivity index (χ1n) is 11.3. The molecule has 5 rings (SSSR count). The highest BCUT2D eigenvalue weighted by molar-refractivity contribution is 5.65. The van der Waals surface area contributed by atoms with E-state index in [9.17, 15) is 0 Å². The van der Waals surface area contributed by atoms with Crippen molar-refractivity contribution in [1.29, 1.82) is 0 Å². The Bertz CT molecular complexity index is 1210. The summed E-state index contributed by atoms with van der Waals surface area (Å²) in [6.45, 7) is 7.32. The van der Waals surface area contributed by atoms with Crippen molar-refractivity contribution in [1.82, 2.24) is 29.3 Å². The molecule has 0 N–H and O–H groups in total. The summed E-state index contributed by atoms with van der Waals surface area (Å²) < 4.78 is 9.31. The van der Waals surface area contributed by atoms with Gasteiger partial charge in [0.05, 0.1) is 13.3 Å². The molecule has 32 heavy (non-hydrogen) atoms. The van der Waals surface area contributed by atoms with E-state index in [-0.39, 0.29) is 0 Å². The summed E-state index contributed by atoms with van der Waals surface area (Å²) >= 11 is 0. The van der Waals surface area contributed by atoms with Gasteiger partial charge in [-0.3, -0.25) is 9.58 Å². The Kier molecular flexibility index (Phi) is 5.66. The number of ether oxygens (including phenoxy) is 1. The molecule has 1 aliphatic rings. The molecule has 1 aliphatic heterocycles. The van der Waals surface area contributed by atoms with Gasteiger partial charge in [0.15, 0.2) is 11.5 Å². The maximum absolute atomic E-state index is 5.37. The number of piperidine rings is 1. The minimum absolute atomic E-state index is 0.351. The fraction of sp³-hybridized carbons (Fsp3) is 0.400. The maximum atomic E-state index is 5.37. The number of benzene rings is 1. The summed E-state index contributed by atoms with van der Waals surface area (Å²) in [4.78, 5) is 7.36. The lowest BCUT2D eigenvalue weighted by Gasteiger charge is -2.30. The molecule has 7 nitrogen and oxygen atoms in total. The predicted octanol–water partition coefficient (Wildman–Crippen LogP) is 4.56. The monoisotopic (exact) mass is 430 g/mol. The zero-order valence-electron chi connectivity index (χ0n) is 19.0. The van der Waals surface area contributed by atoms with Crippen molar-refractivity contribution in [3.63, 3.8) is 0 Å². The van der Waals surface area contributed by atoms with E-state index in [0.29, 0.717) is 12.0 Å². The molecule has 3 aromatic heterocycles. The highest BCUT2D eigenvalue weighted by Gasteiger charge is 2.25. The summed E-state index contributed by atoms with van der Waals surface area (Å²) in [5.74, 6) is 2.14. The average molecular weight is 431 g/mol. The van der Waals surface area contributed by atoms with Crippen LogP contribution in [0.1, 0.15) is 50.0 Å². The number of pyridine rings is 1. The molecule has 1 saturated heterocycles. The van der Waals surface area contributed by atoms with Crippen LogP contribution in [-0.4, -0.2) is 49.5 Å². The Hall–Kier alpha value is -3.19. The Morgan fingerprint density at radius 1 is 1.12 bits per heavy atom. The van der Waals surface area contributed by atoms with Crippen molar-refractivity contribution in [2.24, 2.45) is 0 Å². The summed E-state index contributed by atoms with van der Waals surface area (Å²) in [5.41, 5.74) is 4.36. The molecule has 7 heteroatoms. The lowest BCUT2D eigenvalue weighted by Crippen LogP contribution is -2.34.